The molecule has 0 radical (unpaired) electrons. The third-order valence-corrected chi connectivity index (χ3v) is 4.52. The van der Waals surface area contributed by atoms with E-state index in [0.29, 0.717) is 0 Å². The molecule has 0 fully saturated rings. The van der Waals surface area contributed by atoms with E-state index in [4.69, 9.17) is 0 Å². The molecule has 0 aromatic heterocycles. The molecule has 0 atom stereocenters. The Morgan fingerprint density at radius 3 is 2.15 bits per heavy atom. The molecule has 1 aromatic rings. The van der Waals surface area contributed by atoms with Gasteiger partial charge in [0, 0.05) is 0 Å². The Balaban J connectivity index is 2.20. The number of aryl methyl sites for hydroxylation is 1. The van der Waals surface area contributed by atoms with Crippen LogP contribution in [0.1, 0.15) is 64.4 Å². The number of hydrogen-bond acceptors (Lipinski definition) is 1. The van der Waals surface area contributed by atoms with Gasteiger partial charge in [0.1, 0.15) is 0 Å². The van der Waals surface area contributed by atoms with Crippen LogP contribution in [-0.4, -0.2) is 11.1 Å². The summed E-state index contributed by atoms with van der Waals surface area (Å²) in [4.78, 5) is 11.4. The molecule has 0 unspecified atom stereocenters. The summed E-state index contributed by atoms with van der Waals surface area (Å²) < 4.78 is 0. The Kier molecular flexibility index (Phi) is 7.35. The zero-order valence-electron chi connectivity index (χ0n) is 12.9. The van der Waals surface area contributed by atoms with E-state index in [-0.39, 0.29) is 0 Å². The molecule has 112 valence electrons. The lowest BCUT2D eigenvalue weighted by atomic mass is 9.78. The zero-order chi connectivity index (χ0) is 14.8. The molecule has 0 spiro atoms. The fraction of sp³-hybridized carbons (Fsp3) is 0.611. The lowest BCUT2D eigenvalue weighted by Gasteiger charge is -2.26. The van der Waals surface area contributed by atoms with Gasteiger partial charge in [-0.15, -0.1) is 0 Å². The first-order chi connectivity index (χ1) is 9.64. The topological polar surface area (TPSA) is 37.3 Å². The summed E-state index contributed by atoms with van der Waals surface area (Å²) in [7, 11) is 0. The standard InChI is InChI=1S/C18H28O2/c1-3-18(4-2,17(19)20)15-11-6-5-8-12-16-13-9-7-10-14-16/h7,9-10,13-14H,3-6,8,11-12,15H2,1-2H3,(H,19,20). The van der Waals surface area contributed by atoms with Gasteiger partial charge in [-0.3, -0.25) is 4.79 Å². The Morgan fingerprint density at radius 2 is 1.60 bits per heavy atom. The van der Waals surface area contributed by atoms with Crippen LogP contribution in [0.3, 0.4) is 0 Å². The van der Waals surface area contributed by atoms with E-state index in [2.05, 4.69) is 24.3 Å². The Labute approximate surface area is 123 Å². The minimum absolute atomic E-state index is 0.487. The third-order valence-electron chi connectivity index (χ3n) is 4.52. The second-order valence-electron chi connectivity index (χ2n) is 5.69. The van der Waals surface area contributed by atoms with Crippen molar-refractivity contribution in [3.8, 4) is 0 Å². The molecule has 0 saturated carbocycles. The van der Waals surface area contributed by atoms with Crippen LogP contribution in [0.4, 0.5) is 0 Å². The second-order valence-corrected chi connectivity index (χ2v) is 5.69. The molecule has 0 aliphatic carbocycles. The Bertz CT molecular complexity index is 380. The average Bonchev–Trinajstić information content (AvgIpc) is 2.48. The van der Waals surface area contributed by atoms with Gasteiger partial charge in [0.05, 0.1) is 5.41 Å². The molecule has 0 aliphatic heterocycles. The van der Waals surface area contributed by atoms with Crippen molar-refractivity contribution in [2.45, 2.75) is 65.2 Å². The van der Waals surface area contributed by atoms with E-state index >= 15 is 0 Å². The summed E-state index contributed by atoms with van der Waals surface area (Å²) in [6, 6.07) is 10.6. The molecular formula is C18H28O2. The maximum absolute atomic E-state index is 11.4. The van der Waals surface area contributed by atoms with Crippen LogP contribution >= 0.6 is 0 Å². The third kappa shape index (κ3) is 4.99. The van der Waals surface area contributed by atoms with Gasteiger partial charge in [-0.2, -0.15) is 0 Å². The number of carboxylic acid groups (broad SMARTS) is 1. The normalized spacial score (nSPS) is 11.5. The lowest BCUT2D eigenvalue weighted by Crippen LogP contribution is -2.29. The van der Waals surface area contributed by atoms with Crippen molar-refractivity contribution in [2.24, 2.45) is 5.41 Å². The molecule has 1 aromatic carbocycles. The van der Waals surface area contributed by atoms with Gasteiger partial charge in [0.15, 0.2) is 0 Å². The SMILES string of the molecule is CCC(CC)(CCCCCCc1ccccc1)C(=O)O. The van der Waals surface area contributed by atoms with Gasteiger partial charge in [-0.1, -0.05) is 63.4 Å². The maximum atomic E-state index is 11.4. The molecule has 1 N–H and O–H groups in total. The summed E-state index contributed by atoms with van der Waals surface area (Å²) in [6.45, 7) is 3.99. The molecule has 2 nitrogen and oxygen atoms in total. The molecule has 0 saturated heterocycles. The van der Waals surface area contributed by atoms with E-state index in [1.54, 1.807) is 0 Å². The quantitative estimate of drug-likeness (QED) is 0.606. The van der Waals surface area contributed by atoms with Crippen molar-refractivity contribution in [1.82, 2.24) is 0 Å². The van der Waals surface area contributed by atoms with Gasteiger partial charge in [0.2, 0.25) is 0 Å². The monoisotopic (exact) mass is 276 g/mol. The smallest absolute Gasteiger partial charge is 0.309 e. The summed E-state index contributed by atoms with van der Waals surface area (Å²) in [6.07, 6.45) is 7.99. The van der Waals surface area contributed by atoms with Crippen LogP contribution in [0.25, 0.3) is 0 Å². The minimum Gasteiger partial charge on any atom is -0.481 e. The number of carboxylic acids is 1. The van der Waals surface area contributed by atoms with Gasteiger partial charge < -0.3 is 5.11 Å². The second kappa shape index (κ2) is 8.78. The Hall–Kier alpha value is -1.31. The molecule has 0 aliphatic rings. The van der Waals surface area contributed by atoms with E-state index in [1.807, 2.05) is 19.9 Å². The highest BCUT2D eigenvalue weighted by Crippen LogP contribution is 2.33. The summed E-state index contributed by atoms with van der Waals surface area (Å²) in [5.74, 6) is -0.619. The predicted octanol–water partition coefficient (Wildman–Crippen LogP) is 5.07. The first kappa shape index (κ1) is 16.7. The van der Waals surface area contributed by atoms with Gasteiger partial charge in [-0.05, 0) is 37.7 Å². The highest BCUT2D eigenvalue weighted by atomic mass is 16.4. The molecule has 0 heterocycles. The largest absolute Gasteiger partial charge is 0.481 e. The summed E-state index contributed by atoms with van der Waals surface area (Å²) in [5, 5.41) is 9.38. The number of benzene rings is 1. The van der Waals surface area contributed by atoms with Crippen molar-refractivity contribution < 1.29 is 9.90 Å². The molecule has 0 bridgehead atoms. The molecule has 20 heavy (non-hydrogen) atoms. The first-order valence-electron chi connectivity index (χ1n) is 7.92. The maximum Gasteiger partial charge on any atom is 0.309 e. The van der Waals surface area contributed by atoms with Crippen LogP contribution in [0.2, 0.25) is 0 Å². The lowest BCUT2D eigenvalue weighted by molar-refractivity contribution is -0.150. The molecule has 2 heteroatoms. The minimum atomic E-state index is -0.619. The molecular weight excluding hydrogens is 248 g/mol. The van der Waals surface area contributed by atoms with Crippen molar-refractivity contribution in [1.29, 1.82) is 0 Å². The number of unbranched alkanes of at least 4 members (excludes halogenated alkanes) is 3. The van der Waals surface area contributed by atoms with Crippen LogP contribution in [0, 0.1) is 5.41 Å². The van der Waals surface area contributed by atoms with Crippen molar-refractivity contribution in [3.63, 3.8) is 0 Å². The van der Waals surface area contributed by atoms with Gasteiger partial charge >= 0.3 is 5.97 Å². The van der Waals surface area contributed by atoms with Crippen molar-refractivity contribution in [3.05, 3.63) is 35.9 Å². The number of carbonyl (C=O) groups is 1. The Morgan fingerprint density at radius 1 is 1.00 bits per heavy atom. The molecule has 0 amide bonds. The van der Waals surface area contributed by atoms with E-state index < -0.39 is 11.4 Å². The average molecular weight is 276 g/mol. The van der Waals surface area contributed by atoms with E-state index in [1.165, 1.54) is 18.4 Å². The first-order valence-corrected chi connectivity index (χ1v) is 7.92. The summed E-state index contributed by atoms with van der Waals surface area (Å²) in [5.41, 5.74) is 0.911. The van der Waals surface area contributed by atoms with Crippen molar-refractivity contribution >= 4 is 5.97 Å². The van der Waals surface area contributed by atoms with Crippen LogP contribution in [-0.2, 0) is 11.2 Å². The predicted molar refractivity (Wildman–Crippen MR) is 83.9 cm³/mol. The van der Waals surface area contributed by atoms with Gasteiger partial charge in [0.25, 0.3) is 0 Å². The van der Waals surface area contributed by atoms with Crippen LogP contribution < -0.4 is 0 Å². The van der Waals surface area contributed by atoms with Crippen LogP contribution in [0.5, 0.6) is 0 Å². The number of rotatable bonds is 10. The van der Waals surface area contributed by atoms with E-state index in [0.717, 1.165) is 38.5 Å². The van der Waals surface area contributed by atoms with Gasteiger partial charge in [-0.25, -0.2) is 0 Å². The van der Waals surface area contributed by atoms with Crippen LogP contribution in [0.15, 0.2) is 30.3 Å². The molecule has 1 rings (SSSR count). The zero-order valence-corrected chi connectivity index (χ0v) is 12.9. The highest BCUT2D eigenvalue weighted by molar-refractivity contribution is 5.74. The fourth-order valence-corrected chi connectivity index (χ4v) is 2.80. The summed E-state index contributed by atoms with van der Waals surface area (Å²) >= 11 is 0. The van der Waals surface area contributed by atoms with E-state index in [9.17, 15) is 9.90 Å². The number of hydrogen-bond donors (Lipinski definition) is 1. The highest BCUT2D eigenvalue weighted by Gasteiger charge is 2.33. The number of aliphatic carboxylic acids is 1. The van der Waals surface area contributed by atoms with Crippen molar-refractivity contribution in [2.75, 3.05) is 0 Å². The fourth-order valence-electron chi connectivity index (χ4n) is 2.80.